The van der Waals surface area contributed by atoms with Gasteiger partial charge in [-0.3, -0.25) is 15.0 Å². The summed E-state index contributed by atoms with van der Waals surface area (Å²) in [6, 6.07) is -0.439. The zero-order valence-electron chi connectivity index (χ0n) is 10.9. The first-order valence-electron chi connectivity index (χ1n) is 6.60. The number of unbranched alkanes of at least 4 members (excludes halogenated alkanes) is 1. The lowest BCUT2D eigenvalue weighted by Crippen LogP contribution is -2.47. The van der Waals surface area contributed by atoms with Crippen LogP contribution in [-0.2, 0) is 4.79 Å². The standard InChI is InChI=1S/C12H23N3O3/c1-2-3-6-13-12(18)14-11(17)9-15-7-4-5-10(16)8-15/h10,16H,2-9H2,1H3,(H2,13,14,17,18). The van der Waals surface area contributed by atoms with E-state index in [4.69, 9.17) is 0 Å². The Morgan fingerprint density at radius 2 is 2.22 bits per heavy atom. The molecule has 1 rings (SSSR count). The van der Waals surface area contributed by atoms with Gasteiger partial charge in [-0.15, -0.1) is 0 Å². The molecule has 1 saturated heterocycles. The molecule has 18 heavy (non-hydrogen) atoms. The molecule has 3 N–H and O–H groups in total. The number of rotatable bonds is 5. The van der Waals surface area contributed by atoms with Crippen LogP contribution in [0, 0.1) is 0 Å². The first kappa shape index (κ1) is 14.9. The zero-order chi connectivity index (χ0) is 13.4. The molecule has 1 aliphatic rings. The number of hydrogen-bond acceptors (Lipinski definition) is 4. The highest BCUT2D eigenvalue weighted by atomic mass is 16.3. The van der Waals surface area contributed by atoms with Crippen molar-refractivity contribution in [1.29, 1.82) is 0 Å². The van der Waals surface area contributed by atoms with Gasteiger partial charge in [0.15, 0.2) is 0 Å². The van der Waals surface area contributed by atoms with Gasteiger partial charge in [-0.05, 0) is 25.8 Å². The van der Waals surface area contributed by atoms with Crippen LogP contribution in [0.15, 0.2) is 0 Å². The van der Waals surface area contributed by atoms with E-state index in [0.29, 0.717) is 13.1 Å². The van der Waals surface area contributed by atoms with E-state index in [1.165, 1.54) is 0 Å². The Morgan fingerprint density at radius 1 is 1.44 bits per heavy atom. The maximum Gasteiger partial charge on any atom is 0.321 e. The summed E-state index contributed by atoms with van der Waals surface area (Å²) in [5, 5.41) is 14.4. The fraction of sp³-hybridized carbons (Fsp3) is 0.833. The number of aliphatic hydroxyl groups excluding tert-OH is 1. The Morgan fingerprint density at radius 3 is 2.89 bits per heavy atom. The second-order valence-corrected chi connectivity index (χ2v) is 4.69. The number of carbonyl (C=O) groups excluding carboxylic acids is 2. The van der Waals surface area contributed by atoms with Gasteiger partial charge in [0.1, 0.15) is 0 Å². The fourth-order valence-corrected chi connectivity index (χ4v) is 1.97. The summed E-state index contributed by atoms with van der Waals surface area (Å²) in [6.45, 7) is 4.08. The quantitative estimate of drug-likeness (QED) is 0.609. The van der Waals surface area contributed by atoms with Crippen LogP contribution in [0.3, 0.4) is 0 Å². The van der Waals surface area contributed by atoms with Gasteiger partial charge in [0.2, 0.25) is 5.91 Å². The molecule has 0 spiro atoms. The highest BCUT2D eigenvalue weighted by Crippen LogP contribution is 2.08. The molecule has 0 aromatic rings. The highest BCUT2D eigenvalue weighted by Gasteiger charge is 2.20. The lowest BCUT2D eigenvalue weighted by Gasteiger charge is -2.29. The summed E-state index contributed by atoms with van der Waals surface area (Å²) >= 11 is 0. The fourth-order valence-electron chi connectivity index (χ4n) is 1.97. The van der Waals surface area contributed by atoms with Crippen LogP contribution in [0.2, 0.25) is 0 Å². The molecule has 104 valence electrons. The van der Waals surface area contributed by atoms with Crippen LogP contribution >= 0.6 is 0 Å². The average Bonchev–Trinajstić information content (AvgIpc) is 2.29. The maximum absolute atomic E-state index is 11.6. The number of likely N-dealkylation sites (tertiary alicyclic amines) is 1. The van der Waals surface area contributed by atoms with E-state index in [1.807, 2.05) is 11.8 Å². The predicted octanol–water partition coefficient (Wildman–Crippen LogP) is 0.0690. The highest BCUT2D eigenvalue weighted by molar-refractivity contribution is 5.95. The van der Waals surface area contributed by atoms with Gasteiger partial charge in [0.25, 0.3) is 0 Å². The smallest absolute Gasteiger partial charge is 0.321 e. The normalized spacial score (nSPS) is 20.4. The van der Waals surface area contributed by atoms with E-state index >= 15 is 0 Å². The average molecular weight is 257 g/mol. The van der Waals surface area contributed by atoms with Crippen molar-refractivity contribution in [3.8, 4) is 0 Å². The molecule has 0 aliphatic carbocycles. The lowest BCUT2D eigenvalue weighted by molar-refractivity contribution is -0.121. The molecular formula is C12H23N3O3. The van der Waals surface area contributed by atoms with E-state index in [-0.39, 0.29) is 18.6 Å². The molecule has 3 amide bonds. The summed E-state index contributed by atoms with van der Waals surface area (Å²) < 4.78 is 0. The molecule has 0 saturated carbocycles. The molecule has 0 radical (unpaired) electrons. The van der Waals surface area contributed by atoms with Crippen molar-refractivity contribution in [1.82, 2.24) is 15.5 Å². The number of β-amino-alcohol motifs (C(OH)–C–C–N with tert-alkyl or cyclic N) is 1. The lowest BCUT2D eigenvalue weighted by atomic mass is 10.1. The Balaban J connectivity index is 2.18. The first-order chi connectivity index (χ1) is 8.61. The number of hydrogen-bond donors (Lipinski definition) is 3. The molecular weight excluding hydrogens is 234 g/mol. The number of aliphatic hydroxyl groups is 1. The van der Waals surface area contributed by atoms with Crippen molar-refractivity contribution in [2.24, 2.45) is 0 Å². The van der Waals surface area contributed by atoms with Crippen LogP contribution in [0.5, 0.6) is 0 Å². The molecule has 1 aliphatic heterocycles. The van der Waals surface area contributed by atoms with Gasteiger partial charge in [-0.2, -0.15) is 0 Å². The molecule has 0 aromatic heterocycles. The SMILES string of the molecule is CCCCNC(=O)NC(=O)CN1CCCC(O)C1. The largest absolute Gasteiger partial charge is 0.392 e. The van der Waals surface area contributed by atoms with Crippen molar-refractivity contribution in [3.05, 3.63) is 0 Å². The molecule has 1 heterocycles. The van der Waals surface area contributed by atoms with Crippen LogP contribution in [0.4, 0.5) is 4.79 Å². The van der Waals surface area contributed by atoms with Gasteiger partial charge in [-0.25, -0.2) is 4.79 Å². The maximum atomic E-state index is 11.6. The van der Waals surface area contributed by atoms with E-state index in [0.717, 1.165) is 32.2 Å². The van der Waals surface area contributed by atoms with Crippen molar-refractivity contribution in [2.75, 3.05) is 26.2 Å². The third kappa shape index (κ3) is 5.97. The minimum atomic E-state index is -0.439. The third-order valence-corrected chi connectivity index (χ3v) is 2.92. The predicted molar refractivity (Wildman–Crippen MR) is 68.1 cm³/mol. The van der Waals surface area contributed by atoms with Crippen LogP contribution < -0.4 is 10.6 Å². The Hall–Kier alpha value is -1.14. The molecule has 6 heteroatoms. The Bertz CT molecular complexity index is 284. The minimum Gasteiger partial charge on any atom is -0.392 e. The van der Waals surface area contributed by atoms with Gasteiger partial charge in [0, 0.05) is 13.1 Å². The van der Waals surface area contributed by atoms with Crippen LogP contribution in [-0.4, -0.2) is 54.2 Å². The first-order valence-corrected chi connectivity index (χ1v) is 6.60. The molecule has 0 bridgehead atoms. The van der Waals surface area contributed by atoms with Crippen molar-refractivity contribution in [2.45, 2.75) is 38.7 Å². The van der Waals surface area contributed by atoms with Gasteiger partial charge >= 0.3 is 6.03 Å². The Labute approximate surface area is 108 Å². The van der Waals surface area contributed by atoms with Gasteiger partial charge in [-0.1, -0.05) is 13.3 Å². The number of nitrogens with zero attached hydrogens (tertiary/aromatic N) is 1. The van der Waals surface area contributed by atoms with E-state index < -0.39 is 6.03 Å². The number of nitrogens with one attached hydrogen (secondary N) is 2. The van der Waals surface area contributed by atoms with E-state index in [1.54, 1.807) is 0 Å². The molecule has 1 fully saturated rings. The van der Waals surface area contributed by atoms with Crippen molar-refractivity contribution in [3.63, 3.8) is 0 Å². The van der Waals surface area contributed by atoms with Crippen LogP contribution in [0.1, 0.15) is 32.6 Å². The summed E-state index contributed by atoms with van der Waals surface area (Å²) in [4.78, 5) is 24.8. The number of carbonyl (C=O) groups is 2. The third-order valence-electron chi connectivity index (χ3n) is 2.92. The summed E-state index contributed by atoms with van der Waals surface area (Å²) in [5.41, 5.74) is 0. The minimum absolute atomic E-state index is 0.165. The van der Waals surface area contributed by atoms with Gasteiger partial charge in [0.05, 0.1) is 12.6 Å². The zero-order valence-corrected chi connectivity index (χ0v) is 10.9. The number of imide groups is 1. The summed E-state index contributed by atoms with van der Waals surface area (Å²) in [5.74, 6) is -0.321. The van der Waals surface area contributed by atoms with E-state index in [2.05, 4.69) is 10.6 Å². The van der Waals surface area contributed by atoms with Crippen LogP contribution in [0.25, 0.3) is 0 Å². The topological polar surface area (TPSA) is 81.7 Å². The second-order valence-electron chi connectivity index (χ2n) is 4.69. The number of piperidine rings is 1. The molecule has 1 atom stereocenters. The van der Waals surface area contributed by atoms with Crippen molar-refractivity contribution >= 4 is 11.9 Å². The van der Waals surface area contributed by atoms with E-state index in [9.17, 15) is 14.7 Å². The van der Waals surface area contributed by atoms with Crippen molar-refractivity contribution < 1.29 is 14.7 Å². The summed E-state index contributed by atoms with van der Waals surface area (Å²) in [6.07, 6.45) is 3.22. The number of urea groups is 1. The molecule has 0 aromatic carbocycles. The monoisotopic (exact) mass is 257 g/mol. The molecule has 1 unspecified atom stereocenters. The summed E-state index contributed by atoms with van der Waals surface area (Å²) in [7, 11) is 0. The van der Waals surface area contributed by atoms with Gasteiger partial charge < -0.3 is 10.4 Å². The Kier molecular flexibility index (Phi) is 6.67. The number of amides is 3. The second kappa shape index (κ2) is 8.05. The molecule has 6 nitrogen and oxygen atoms in total.